The van der Waals surface area contributed by atoms with Crippen LogP contribution in [-0.4, -0.2) is 31.3 Å². The van der Waals surface area contributed by atoms with Crippen LogP contribution in [0.1, 0.15) is 74.7 Å². The highest BCUT2D eigenvalue weighted by molar-refractivity contribution is 5.92. The van der Waals surface area contributed by atoms with Gasteiger partial charge in [0.05, 0.1) is 34.2 Å². The molecule has 180 valence electrons. The highest BCUT2D eigenvalue weighted by Crippen LogP contribution is 2.41. The second kappa shape index (κ2) is 7.97. The number of hydrogen-bond donors (Lipinski definition) is 2. The van der Waals surface area contributed by atoms with Crippen molar-refractivity contribution < 1.29 is 18.3 Å². The van der Waals surface area contributed by atoms with Crippen molar-refractivity contribution in [2.45, 2.75) is 70.6 Å². The van der Waals surface area contributed by atoms with E-state index in [1.54, 1.807) is 18.2 Å². The summed E-state index contributed by atoms with van der Waals surface area (Å²) in [5, 5.41) is 7.92. The molecule has 0 aromatic carbocycles. The minimum atomic E-state index is -2.80. The standard InChI is InChI=1S/C24H28F2N6O2/c1-23(2)11-16-14(21(33)34-23)8-9-18(29-16)30-19-10-15-17(12-28-19)32(22(25)26)31-20(15)24(3,27)13-6-4-5-7-13/h8-10,12-13,22H,4-7,11,27H2,1-3H3,(H,28,29,30). The molecule has 3 N–H and O–H groups in total. The number of hydrogen-bond acceptors (Lipinski definition) is 7. The van der Waals surface area contributed by atoms with Gasteiger partial charge in [0.1, 0.15) is 17.2 Å². The Bertz CT molecular complexity index is 1260. The largest absolute Gasteiger partial charge is 0.456 e. The van der Waals surface area contributed by atoms with E-state index in [9.17, 15) is 13.6 Å². The molecule has 1 aliphatic carbocycles. The molecule has 8 nitrogen and oxygen atoms in total. The third-order valence-corrected chi connectivity index (χ3v) is 6.90. The van der Waals surface area contributed by atoms with Crippen LogP contribution in [0.5, 0.6) is 0 Å². The molecular weight excluding hydrogens is 442 g/mol. The van der Waals surface area contributed by atoms with Crippen LogP contribution in [-0.2, 0) is 16.7 Å². The molecule has 1 unspecified atom stereocenters. The first-order valence-corrected chi connectivity index (χ1v) is 11.5. The minimum absolute atomic E-state index is 0.173. The highest BCUT2D eigenvalue weighted by atomic mass is 19.3. The molecule has 3 aromatic heterocycles. The van der Waals surface area contributed by atoms with Crippen LogP contribution in [0.25, 0.3) is 10.9 Å². The maximum atomic E-state index is 13.7. The number of nitrogens with two attached hydrogens (primary N) is 1. The molecule has 3 aromatic rings. The van der Waals surface area contributed by atoms with Crippen molar-refractivity contribution in [3.8, 4) is 0 Å². The molecule has 0 spiro atoms. The quantitative estimate of drug-likeness (QED) is 0.515. The van der Waals surface area contributed by atoms with Crippen molar-refractivity contribution in [3.63, 3.8) is 0 Å². The number of ether oxygens (including phenoxy) is 1. The van der Waals surface area contributed by atoms with Crippen molar-refractivity contribution in [2.24, 2.45) is 11.7 Å². The van der Waals surface area contributed by atoms with Gasteiger partial charge in [-0.1, -0.05) is 12.8 Å². The van der Waals surface area contributed by atoms with Crippen LogP contribution in [0, 0.1) is 5.92 Å². The molecule has 1 aliphatic heterocycles. The maximum Gasteiger partial charge on any atom is 0.340 e. The second-order valence-electron chi connectivity index (χ2n) is 10.1. The van der Waals surface area contributed by atoms with E-state index < -0.39 is 23.7 Å². The van der Waals surface area contributed by atoms with E-state index in [-0.39, 0.29) is 11.4 Å². The van der Waals surface area contributed by atoms with Crippen molar-refractivity contribution in [3.05, 3.63) is 41.3 Å². The van der Waals surface area contributed by atoms with Gasteiger partial charge in [0, 0.05) is 11.8 Å². The number of rotatable bonds is 5. The van der Waals surface area contributed by atoms with Gasteiger partial charge in [-0.05, 0) is 57.7 Å². The van der Waals surface area contributed by atoms with Crippen molar-refractivity contribution in [1.82, 2.24) is 19.7 Å². The summed E-state index contributed by atoms with van der Waals surface area (Å²) in [5.74, 6) is 0.690. The molecule has 4 heterocycles. The van der Waals surface area contributed by atoms with Crippen molar-refractivity contribution >= 4 is 28.5 Å². The lowest BCUT2D eigenvalue weighted by atomic mass is 9.81. The lowest BCUT2D eigenvalue weighted by Gasteiger charge is -2.30. The zero-order valence-electron chi connectivity index (χ0n) is 19.4. The van der Waals surface area contributed by atoms with E-state index in [1.807, 2.05) is 20.8 Å². The molecule has 2 aliphatic rings. The van der Waals surface area contributed by atoms with E-state index in [1.165, 1.54) is 6.20 Å². The van der Waals surface area contributed by atoms with Crippen LogP contribution in [0.3, 0.4) is 0 Å². The summed E-state index contributed by atoms with van der Waals surface area (Å²) in [4.78, 5) is 21.1. The predicted molar refractivity (Wildman–Crippen MR) is 123 cm³/mol. The third kappa shape index (κ3) is 3.89. The maximum absolute atomic E-state index is 13.7. The van der Waals surface area contributed by atoms with Gasteiger partial charge >= 0.3 is 12.5 Å². The summed E-state index contributed by atoms with van der Waals surface area (Å²) in [7, 11) is 0. The smallest absolute Gasteiger partial charge is 0.340 e. The lowest BCUT2D eigenvalue weighted by molar-refractivity contribution is -0.00715. The minimum Gasteiger partial charge on any atom is -0.456 e. The number of alkyl halides is 2. The van der Waals surface area contributed by atoms with Crippen LogP contribution in [0.2, 0.25) is 0 Å². The van der Waals surface area contributed by atoms with Gasteiger partial charge in [0.2, 0.25) is 0 Å². The molecule has 0 saturated heterocycles. The number of carbonyl (C=O) groups excluding carboxylic acids is 1. The van der Waals surface area contributed by atoms with E-state index in [4.69, 9.17) is 10.5 Å². The Balaban J connectivity index is 1.53. The summed E-state index contributed by atoms with van der Waals surface area (Å²) in [5.41, 5.74) is 6.98. The predicted octanol–water partition coefficient (Wildman–Crippen LogP) is 4.82. The molecule has 1 saturated carbocycles. The van der Waals surface area contributed by atoms with Crippen LogP contribution >= 0.6 is 0 Å². The number of esters is 1. The zero-order valence-corrected chi connectivity index (χ0v) is 19.4. The van der Waals surface area contributed by atoms with Crippen LogP contribution in [0.4, 0.5) is 20.4 Å². The van der Waals surface area contributed by atoms with Gasteiger partial charge in [-0.15, -0.1) is 0 Å². The highest BCUT2D eigenvalue weighted by Gasteiger charge is 2.38. The number of fused-ring (bicyclic) bond motifs is 2. The molecular formula is C24H28F2N6O2. The van der Waals surface area contributed by atoms with Crippen molar-refractivity contribution in [1.29, 1.82) is 0 Å². The Hall–Kier alpha value is -3.14. The first kappa shape index (κ1) is 22.6. The molecule has 0 bridgehead atoms. The first-order valence-electron chi connectivity index (χ1n) is 11.5. The fraction of sp³-hybridized carbons (Fsp3) is 0.500. The number of anilines is 2. The Morgan fingerprint density at radius 3 is 2.71 bits per heavy atom. The number of aromatic nitrogens is 4. The Morgan fingerprint density at radius 1 is 1.26 bits per heavy atom. The van der Waals surface area contributed by atoms with Gasteiger partial charge in [0.15, 0.2) is 0 Å². The van der Waals surface area contributed by atoms with Gasteiger partial charge in [-0.2, -0.15) is 13.9 Å². The molecule has 0 amide bonds. The van der Waals surface area contributed by atoms with Crippen LogP contribution in [0.15, 0.2) is 24.4 Å². The Labute approximate surface area is 195 Å². The first-order chi connectivity index (χ1) is 16.0. The Morgan fingerprint density at radius 2 is 2.00 bits per heavy atom. The molecule has 5 rings (SSSR count). The number of carbonyl (C=O) groups is 1. The van der Waals surface area contributed by atoms with E-state index >= 15 is 0 Å². The second-order valence-corrected chi connectivity index (χ2v) is 10.1. The molecule has 0 radical (unpaired) electrons. The summed E-state index contributed by atoms with van der Waals surface area (Å²) < 4.78 is 33.6. The number of cyclic esters (lactones) is 1. The monoisotopic (exact) mass is 470 g/mol. The van der Waals surface area contributed by atoms with E-state index in [0.717, 1.165) is 25.7 Å². The number of nitrogens with zero attached hydrogens (tertiary/aromatic N) is 4. The average molecular weight is 471 g/mol. The number of pyridine rings is 2. The molecule has 1 atom stereocenters. The van der Waals surface area contributed by atoms with Crippen molar-refractivity contribution in [2.75, 3.05) is 5.32 Å². The average Bonchev–Trinajstić information content (AvgIpc) is 3.41. The summed E-state index contributed by atoms with van der Waals surface area (Å²) in [6.07, 6.45) is 5.91. The fourth-order valence-corrected chi connectivity index (χ4v) is 5.14. The zero-order chi connectivity index (χ0) is 24.3. The summed E-state index contributed by atoms with van der Waals surface area (Å²) >= 11 is 0. The van der Waals surface area contributed by atoms with Crippen LogP contribution < -0.4 is 11.1 Å². The summed E-state index contributed by atoms with van der Waals surface area (Å²) in [6.45, 7) is 2.74. The van der Waals surface area contributed by atoms with Gasteiger partial charge in [0.25, 0.3) is 0 Å². The normalized spacial score (nSPS) is 19.8. The molecule has 34 heavy (non-hydrogen) atoms. The van der Waals surface area contributed by atoms with E-state index in [2.05, 4.69) is 20.4 Å². The fourth-order valence-electron chi connectivity index (χ4n) is 5.14. The van der Waals surface area contributed by atoms with Gasteiger partial charge in [-0.3, -0.25) is 0 Å². The number of halogens is 2. The topological polar surface area (TPSA) is 108 Å². The third-order valence-electron chi connectivity index (χ3n) is 6.90. The number of nitrogens with one attached hydrogen (secondary N) is 1. The van der Waals surface area contributed by atoms with E-state index in [0.29, 0.717) is 45.1 Å². The molecule has 10 heteroatoms. The Kier molecular flexibility index (Phi) is 5.31. The lowest BCUT2D eigenvalue weighted by Crippen LogP contribution is -2.40. The van der Waals surface area contributed by atoms with Gasteiger partial charge < -0.3 is 15.8 Å². The molecule has 1 fully saturated rings. The SMILES string of the molecule is CC1(C)Cc2nc(Nc3cc4c(C(C)(N)C5CCCC5)nn(C(F)F)c4cn3)ccc2C(=O)O1. The summed E-state index contributed by atoms with van der Waals surface area (Å²) in [6, 6.07) is 5.02. The van der Waals surface area contributed by atoms with Gasteiger partial charge in [-0.25, -0.2) is 19.4 Å².